The van der Waals surface area contributed by atoms with E-state index >= 15 is 0 Å². The van der Waals surface area contributed by atoms with Gasteiger partial charge in [-0.25, -0.2) is 0 Å². The summed E-state index contributed by atoms with van der Waals surface area (Å²) >= 11 is 0. The molecule has 3 nitrogen and oxygen atoms in total. The lowest BCUT2D eigenvalue weighted by molar-refractivity contribution is 0.0233. The van der Waals surface area contributed by atoms with Gasteiger partial charge in [0.05, 0.1) is 26.4 Å². The number of nitrogens with zero attached hydrogens (tertiary/aromatic N) is 1. The van der Waals surface area contributed by atoms with Gasteiger partial charge in [-0.3, -0.25) is 4.90 Å². The lowest BCUT2D eigenvalue weighted by Gasteiger charge is -2.26. The Morgan fingerprint density at radius 2 is 1.54 bits per heavy atom. The van der Waals surface area contributed by atoms with E-state index in [1.54, 1.807) is 0 Å². The molecule has 1 heterocycles. The molecule has 138 valence electrons. The number of morpholine rings is 1. The van der Waals surface area contributed by atoms with E-state index < -0.39 is 0 Å². The second-order valence-corrected chi connectivity index (χ2v) is 6.99. The molecule has 1 aliphatic rings. The molecule has 0 aliphatic carbocycles. The number of rotatable bonds is 11. The van der Waals surface area contributed by atoms with Crippen LogP contribution < -0.4 is 0 Å². The maximum atomic E-state index is 5.73. The third-order valence-electron chi connectivity index (χ3n) is 4.33. The smallest absolute Gasteiger partial charge is 0.0650 e. The number of allylic oxidation sites excluding steroid dienone is 5. The average Bonchev–Trinajstić information content (AvgIpc) is 2.55. The maximum Gasteiger partial charge on any atom is 0.0650 e. The van der Waals surface area contributed by atoms with Gasteiger partial charge in [0.15, 0.2) is 0 Å². The molecule has 0 atom stereocenters. The van der Waals surface area contributed by atoms with Crippen LogP contribution >= 0.6 is 0 Å². The summed E-state index contributed by atoms with van der Waals surface area (Å²) in [5.74, 6) is 0. The molecule has 1 aliphatic heterocycles. The van der Waals surface area contributed by atoms with E-state index in [2.05, 4.69) is 50.8 Å². The normalized spacial score (nSPS) is 17.2. The highest BCUT2D eigenvalue weighted by atomic mass is 16.5. The van der Waals surface area contributed by atoms with Gasteiger partial charge in [0.1, 0.15) is 0 Å². The van der Waals surface area contributed by atoms with Crippen LogP contribution in [0.1, 0.15) is 53.4 Å². The van der Waals surface area contributed by atoms with Crippen LogP contribution in [0.2, 0.25) is 0 Å². The highest BCUT2D eigenvalue weighted by Crippen LogP contribution is 2.11. The molecule has 1 fully saturated rings. The van der Waals surface area contributed by atoms with Gasteiger partial charge in [0, 0.05) is 19.6 Å². The summed E-state index contributed by atoms with van der Waals surface area (Å²) < 4.78 is 11.1. The number of ether oxygens (including phenoxy) is 2. The van der Waals surface area contributed by atoms with Crippen molar-refractivity contribution in [2.24, 2.45) is 0 Å². The van der Waals surface area contributed by atoms with Crippen molar-refractivity contribution in [3.63, 3.8) is 0 Å². The second kappa shape index (κ2) is 13.4. The minimum absolute atomic E-state index is 0.736. The lowest BCUT2D eigenvalue weighted by Crippen LogP contribution is -2.38. The third-order valence-corrected chi connectivity index (χ3v) is 4.33. The van der Waals surface area contributed by atoms with E-state index in [-0.39, 0.29) is 0 Å². The van der Waals surface area contributed by atoms with Crippen LogP contribution in [0.15, 0.2) is 34.9 Å². The van der Waals surface area contributed by atoms with E-state index in [1.165, 1.54) is 23.1 Å². The summed E-state index contributed by atoms with van der Waals surface area (Å²) in [6.07, 6.45) is 11.5. The van der Waals surface area contributed by atoms with Gasteiger partial charge in [-0.05, 0) is 53.4 Å². The van der Waals surface area contributed by atoms with E-state index in [9.17, 15) is 0 Å². The van der Waals surface area contributed by atoms with Crippen molar-refractivity contribution >= 4 is 0 Å². The molecule has 24 heavy (non-hydrogen) atoms. The van der Waals surface area contributed by atoms with E-state index in [4.69, 9.17) is 9.47 Å². The molecule has 0 N–H and O–H groups in total. The van der Waals surface area contributed by atoms with Gasteiger partial charge >= 0.3 is 0 Å². The van der Waals surface area contributed by atoms with Gasteiger partial charge < -0.3 is 9.47 Å². The Balaban J connectivity index is 2.05. The molecule has 0 radical (unpaired) electrons. The first-order chi connectivity index (χ1) is 11.6. The van der Waals surface area contributed by atoms with Crippen LogP contribution in [0.3, 0.4) is 0 Å². The molecule has 1 saturated heterocycles. The monoisotopic (exact) mass is 335 g/mol. The van der Waals surface area contributed by atoms with Crippen molar-refractivity contribution in [2.75, 3.05) is 46.1 Å². The first-order valence-corrected chi connectivity index (χ1v) is 9.40. The number of hydrogen-bond donors (Lipinski definition) is 0. The van der Waals surface area contributed by atoms with Gasteiger partial charge in [-0.2, -0.15) is 0 Å². The largest absolute Gasteiger partial charge is 0.379 e. The Kier molecular flexibility index (Phi) is 11.8. The van der Waals surface area contributed by atoms with Crippen LogP contribution in [-0.2, 0) is 9.47 Å². The van der Waals surface area contributed by atoms with Crippen molar-refractivity contribution < 1.29 is 9.47 Å². The topological polar surface area (TPSA) is 21.7 Å². The molecule has 0 spiro atoms. The zero-order chi connectivity index (χ0) is 17.6. The van der Waals surface area contributed by atoms with Gasteiger partial charge in [-0.15, -0.1) is 0 Å². The lowest BCUT2D eigenvalue weighted by atomic mass is 10.1. The second-order valence-electron chi connectivity index (χ2n) is 6.99. The van der Waals surface area contributed by atoms with Crippen molar-refractivity contribution in [1.82, 2.24) is 4.90 Å². The Bertz CT molecular complexity index is 414. The SMILES string of the molecule is CC(C)=CCCC(C)=CCCC(C)=CCOCCN1CCOCC1. The predicted molar refractivity (Wildman–Crippen MR) is 103 cm³/mol. The van der Waals surface area contributed by atoms with E-state index in [1.807, 2.05) is 0 Å². The van der Waals surface area contributed by atoms with E-state index in [0.29, 0.717) is 0 Å². The first kappa shape index (κ1) is 21.1. The number of hydrogen-bond acceptors (Lipinski definition) is 3. The highest BCUT2D eigenvalue weighted by molar-refractivity contribution is 5.05. The molecular weight excluding hydrogens is 298 g/mol. The molecule has 0 aromatic carbocycles. The first-order valence-electron chi connectivity index (χ1n) is 9.40. The molecule has 1 rings (SSSR count). The van der Waals surface area contributed by atoms with Crippen LogP contribution in [0.4, 0.5) is 0 Å². The standard InChI is InChI=1S/C21H37NO2/c1-19(2)7-5-8-20(3)9-6-10-21(4)11-15-23-16-12-22-13-17-24-18-14-22/h7,9,11H,5-6,8,10,12-18H2,1-4H3. The van der Waals surface area contributed by atoms with Crippen LogP contribution in [0.5, 0.6) is 0 Å². The molecule has 0 aromatic rings. The fraction of sp³-hybridized carbons (Fsp3) is 0.714. The molecule has 3 heteroatoms. The molecular formula is C21H37NO2. The third kappa shape index (κ3) is 11.6. The van der Waals surface area contributed by atoms with Gasteiger partial charge in [0.2, 0.25) is 0 Å². The van der Waals surface area contributed by atoms with Gasteiger partial charge in [-0.1, -0.05) is 34.9 Å². The Hall–Kier alpha value is -0.900. The zero-order valence-corrected chi connectivity index (χ0v) is 16.3. The minimum Gasteiger partial charge on any atom is -0.379 e. The van der Waals surface area contributed by atoms with Crippen LogP contribution in [0.25, 0.3) is 0 Å². The summed E-state index contributed by atoms with van der Waals surface area (Å²) in [4.78, 5) is 2.41. The molecule has 0 unspecified atom stereocenters. The Morgan fingerprint density at radius 3 is 2.21 bits per heavy atom. The fourth-order valence-electron chi connectivity index (χ4n) is 2.64. The molecule has 0 bridgehead atoms. The predicted octanol–water partition coefficient (Wildman–Crippen LogP) is 4.75. The minimum atomic E-state index is 0.736. The summed E-state index contributed by atoms with van der Waals surface area (Å²) in [6, 6.07) is 0. The Labute approximate surface area is 149 Å². The van der Waals surface area contributed by atoms with Crippen molar-refractivity contribution in [3.05, 3.63) is 34.9 Å². The van der Waals surface area contributed by atoms with Crippen molar-refractivity contribution in [1.29, 1.82) is 0 Å². The highest BCUT2D eigenvalue weighted by Gasteiger charge is 2.08. The summed E-state index contributed by atoms with van der Waals surface area (Å²) in [6.45, 7) is 15.1. The summed E-state index contributed by atoms with van der Waals surface area (Å²) in [7, 11) is 0. The average molecular weight is 336 g/mol. The molecule has 0 saturated carbocycles. The quantitative estimate of drug-likeness (QED) is 0.401. The summed E-state index contributed by atoms with van der Waals surface area (Å²) in [5, 5.41) is 0. The maximum absolute atomic E-state index is 5.73. The molecule has 0 aromatic heterocycles. The van der Waals surface area contributed by atoms with Crippen LogP contribution in [0, 0.1) is 0 Å². The molecule has 0 amide bonds. The van der Waals surface area contributed by atoms with Crippen molar-refractivity contribution in [3.8, 4) is 0 Å². The fourth-order valence-corrected chi connectivity index (χ4v) is 2.64. The summed E-state index contributed by atoms with van der Waals surface area (Å²) in [5.41, 5.74) is 4.34. The Morgan fingerprint density at radius 1 is 0.917 bits per heavy atom. The zero-order valence-electron chi connectivity index (χ0n) is 16.3. The van der Waals surface area contributed by atoms with Crippen LogP contribution in [-0.4, -0.2) is 51.0 Å². The van der Waals surface area contributed by atoms with Gasteiger partial charge in [0.25, 0.3) is 0 Å². The van der Waals surface area contributed by atoms with E-state index in [0.717, 1.165) is 65.3 Å². The van der Waals surface area contributed by atoms with Crippen molar-refractivity contribution in [2.45, 2.75) is 53.4 Å².